The molecule has 4 nitrogen and oxygen atoms in total. The van der Waals surface area contributed by atoms with Crippen LogP contribution in [0.1, 0.15) is 55.9 Å². The molecule has 1 aliphatic heterocycles. The topological polar surface area (TPSA) is 52.6 Å². The molecule has 2 atom stereocenters. The number of aryl methyl sites for hydroxylation is 4. The van der Waals surface area contributed by atoms with Gasteiger partial charge in [-0.3, -0.25) is 4.79 Å². The average Bonchev–Trinajstić information content (AvgIpc) is 3.04. The van der Waals surface area contributed by atoms with Gasteiger partial charge in [-0.2, -0.15) is 0 Å². The van der Waals surface area contributed by atoms with Crippen molar-refractivity contribution in [2.75, 3.05) is 0 Å². The van der Waals surface area contributed by atoms with Gasteiger partial charge < -0.3 is 9.47 Å². The molecule has 2 aromatic rings. The van der Waals surface area contributed by atoms with Crippen molar-refractivity contribution in [3.8, 4) is 5.75 Å². The maximum Gasteiger partial charge on any atom is 0.356 e. The molecular weight excluding hydrogens is 616 g/mol. The van der Waals surface area contributed by atoms with Crippen LogP contribution in [0.2, 0.25) is 0 Å². The second kappa shape index (κ2) is 7.92. The molecule has 174 valence electrons. The first-order valence-corrected chi connectivity index (χ1v) is 13.6. The second-order valence-corrected chi connectivity index (χ2v) is 12.7. The summed E-state index contributed by atoms with van der Waals surface area (Å²) in [4.78, 5) is 26.3. The first-order chi connectivity index (χ1) is 15.5. The maximum atomic E-state index is 13.6. The monoisotopic (exact) mass is 638 g/mol. The Morgan fingerprint density at radius 1 is 0.818 bits per heavy atom. The molecular formula is C26H25Br3O4. The lowest BCUT2D eigenvalue weighted by Gasteiger charge is -2.34. The van der Waals surface area contributed by atoms with Crippen LogP contribution in [-0.4, -0.2) is 17.5 Å². The Balaban J connectivity index is 1.51. The third kappa shape index (κ3) is 3.40. The molecule has 6 bridgehead atoms. The molecule has 0 unspecified atom stereocenters. The summed E-state index contributed by atoms with van der Waals surface area (Å²) in [6.45, 7) is 5.80. The molecule has 0 radical (unpaired) electrons. The van der Waals surface area contributed by atoms with Crippen molar-refractivity contribution in [2.45, 2.75) is 64.9 Å². The van der Waals surface area contributed by atoms with Crippen molar-refractivity contribution < 1.29 is 19.1 Å². The summed E-state index contributed by atoms with van der Waals surface area (Å²) in [5.41, 5.74) is 1.91. The van der Waals surface area contributed by atoms with Gasteiger partial charge in [0.25, 0.3) is 0 Å². The third-order valence-corrected chi connectivity index (χ3v) is 10.6. The van der Waals surface area contributed by atoms with E-state index in [0.29, 0.717) is 25.0 Å². The molecule has 1 saturated carbocycles. The molecule has 7 heteroatoms. The predicted octanol–water partition coefficient (Wildman–Crippen LogP) is 6.89. The summed E-state index contributed by atoms with van der Waals surface area (Å²) in [5, 5.41) is 0. The highest BCUT2D eigenvalue weighted by atomic mass is 79.9. The van der Waals surface area contributed by atoms with E-state index >= 15 is 0 Å². The minimum absolute atomic E-state index is 0.298. The van der Waals surface area contributed by atoms with Crippen LogP contribution in [0.5, 0.6) is 5.75 Å². The molecule has 5 aliphatic carbocycles. The van der Waals surface area contributed by atoms with Crippen LogP contribution < -0.4 is 4.74 Å². The van der Waals surface area contributed by atoms with E-state index < -0.39 is 22.4 Å². The van der Waals surface area contributed by atoms with E-state index in [1.54, 1.807) is 0 Å². The number of carbonyl (C=O) groups excluding carboxylic acids is 2. The summed E-state index contributed by atoms with van der Waals surface area (Å²) in [6, 6.07) is 8.40. The lowest BCUT2D eigenvalue weighted by molar-refractivity contribution is -0.176. The standard InChI is InChI=1S/C26H25Br3O4/c1-24(2)25(3)8-9-26(24,33-22(25)30)23(31)32-21-13-16-5-4-14-10-19(28)15(11-18(14)27)6-7-17(21)12-20(16)29/h10-13H,4-9H2,1-3H3/t25-,26+/m0/s1. The number of benzene rings is 2. The van der Waals surface area contributed by atoms with Crippen LogP contribution in [-0.2, 0) is 40.0 Å². The first kappa shape index (κ1) is 23.6. The Bertz CT molecular complexity index is 1200. The fourth-order valence-electron chi connectivity index (χ4n) is 5.55. The quantitative estimate of drug-likeness (QED) is 0.265. The Kier molecular flexibility index (Phi) is 5.65. The number of hydrogen-bond acceptors (Lipinski definition) is 4. The highest BCUT2D eigenvalue weighted by Crippen LogP contribution is 2.65. The van der Waals surface area contributed by atoms with E-state index in [0.717, 1.165) is 43.8 Å². The second-order valence-electron chi connectivity index (χ2n) is 10.1. The molecule has 0 aromatic heterocycles. The van der Waals surface area contributed by atoms with Crippen molar-refractivity contribution in [1.29, 1.82) is 0 Å². The van der Waals surface area contributed by atoms with Crippen LogP contribution in [0.25, 0.3) is 0 Å². The van der Waals surface area contributed by atoms with E-state index in [9.17, 15) is 9.59 Å². The molecule has 1 saturated heterocycles. The zero-order valence-electron chi connectivity index (χ0n) is 18.8. The lowest BCUT2D eigenvalue weighted by atomic mass is 9.66. The van der Waals surface area contributed by atoms with E-state index in [1.807, 2.05) is 26.8 Å². The van der Waals surface area contributed by atoms with Gasteiger partial charge in [-0.05, 0) is 92.0 Å². The average molecular weight is 641 g/mol. The molecule has 33 heavy (non-hydrogen) atoms. The zero-order chi connectivity index (χ0) is 23.8. The van der Waals surface area contributed by atoms with Crippen molar-refractivity contribution >= 4 is 59.7 Å². The van der Waals surface area contributed by atoms with Crippen LogP contribution >= 0.6 is 47.8 Å². The van der Waals surface area contributed by atoms with E-state index in [-0.39, 0.29) is 5.97 Å². The molecule has 0 spiro atoms. The minimum atomic E-state index is -1.24. The van der Waals surface area contributed by atoms with Gasteiger partial charge in [-0.25, -0.2) is 4.79 Å². The molecule has 1 heterocycles. The smallest absolute Gasteiger partial charge is 0.356 e. The molecule has 2 fully saturated rings. The lowest BCUT2D eigenvalue weighted by Crippen LogP contribution is -2.50. The van der Waals surface area contributed by atoms with Crippen LogP contribution in [0.4, 0.5) is 0 Å². The van der Waals surface area contributed by atoms with Crippen molar-refractivity contribution in [1.82, 2.24) is 0 Å². The molecule has 8 rings (SSSR count). The van der Waals surface area contributed by atoms with Crippen molar-refractivity contribution in [3.05, 3.63) is 59.9 Å². The summed E-state index contributed by atoms with van der Waals surface area (Å²) in [7, 11) is 0. The Morgan fingerprint density at radius 3 is 1.79 bits per heavy atom. The van der Waals surface area contributed by atoms with Gasteiger partial charge in [0.15, 0.2) is 0 Å². The fraction of sp³-hybridized carbons (Fsp3) is 0.462. The van der Waals surface area contributed by atoms with Crippen LogP contribution in [0.3, 0.4) is 0 Å². The largest absolute Gasteiger partial charge is 0.446 e. The molecule has 0 amide bonds. The van der Waals surface area contributed by atoms with Gasteiger partial charge in [0, 0.05) is 18.8 Å². The third-order valence-electron chi connectivity index (χ3n) is 8.39. The predicted molar refractivity (Wildman–Crippen MR) is 136 cm³/mol. The van der Waals surface area contributed by atoms with E-state index in [4.69, 9.17) is 9.47 Å². The van der Waals surface area contributed by atoms with Crippen molar-refractivity contribution in [2.24, 2.45) is 10.8 Å². The Hall–Kier alpha value is -1.18. The Morgan fingerprint density at radius 2 is 1.30 bits per heavy atom. The fourth-order valence-corrected chi connectivity index (χ4v) is 7.32. The minimum Gasteiger partial charge on any atom is -0.446 e. The number of rotatable bonds is 2. The number of halogens is 3. The molecule has 2 aromatic carbocycles. The number of carbonyl (C=O) groups is 2. The highest BCUT2D eigenvalue weighted by molar-refractivity contribution is 9.11. The van der Waals surface area contributed by atoms with Gasteiger partial charge in [0.1, 0.15) is 5.75 Å². The normalized spacial score (nSPS) is 27.3. The summed E-state index contributed by atoms with van der Waals surface area (Å²) < 4.78 is 15.1. The van der Waals surface area contributed by atoms with Gasteiger partial charge in [-0.15, -0.1) is 0 Å². The van der Waals surface area contributed by atoms with E-state index in [2.05, 4.69) is 66.0 Å². The Labute approximate surface area is 219 Å². The van der Waals surface area contributed by atoms with Gasteiger partial charge >= 0.3 is 11.9 Å². The van der Waals surface area contributed by atoms with Crippen molar-refractivity contribution in [3.63, 3.8) is 0 Å². The highest BCUT2D eigenvalue weighted by Gasteiger charge is 2.76. The number of esters is 2. The van der Waals surface area contributed by atoms with Gasteiger partial charge in [-0.1, -0.05) is 61.6 Å². The maximum absolute atomic E-state index is 13.6. The number of hydrogen-bond donors (Lipinski definition) is 0. The summed E-state index contributed by atoms with van der Waals surface area (Å²) in [6.07, 6.45) is 4.26. The summed E-state index contributed by atoms with van der Waals surface area (Å²) in [5.74, 6) is -0.200. The van der Waals surface area contributed by atoms with Gasteiger partial charge in [0.05, 0.1) is 5.41 Å². The van der Waals surface area contributed by atoms with Gasteiger partial charge in [0.2, 0.25) is 5.60 Å². The van der Waals surface area contributed by atoms with Crippen LogP contribution in [0, 0.1) is 10.8 Å². The summed E-state index contributed by atoms with van der Waals surface area (Å²) >= 11 is 11.2. The first-order valence-electron chi connectivity index (χ1n) is 11.2. The molecule has 0 N–H and O–H groups in total. The number of ether oxygens (including phenoxy) is 2. The van der Waals surface area contributed by atoms with E-state index in [1.165, 1.54) is 11.1 Å². The van der Waals surface area contributed by atoms with Crippen LogP contribution in [0.15, 0.2) is 37.7 Å². The molecule has 6 aliphatic rings. The zero-order valence-corrected chi connectivity index (χ0v) is 23.6. The number of fused-ring (bicyclic) bond motifs is 2. The SMILES string of the molecule is CC1(C)[C@@]2(C)CC[C@]1(C(=O)Oc1cc3c(Br)cc1CCc1cc(Br)c(cc1Br)CC3)OC2=O.